The van der Waals surface area contributed by atoms with E-state index in [2.05, 4.69) is 0 Å². The van der Waals surface area contributed by atoms with Crippen LogP contribution in [0.25, 0.3) is 0 Å². The number of aryl methyl sites for hydroxylation is 1. The summed E-state index contributed by atoms with van der Waals surface area (Å²) < 4.78 is 5.87. The van der Waals surface area contributed by atoms with E-state index in [-0.39, 0.29) is 17.7 Å². The number of aromatic hydroxyl groups is 1. The Morgan fingerprint density at radius 1 is 1.18 bits per heavy atom. The smallest absolute Gasteiger partial charge is 0.166 e. The summed E-state index contributed by atoms with van der Waals surface area (Å²) >= 11 is 0. The van der Waals surface area contributed by atoms with E-state index in [4.69, 9.17) is 4.74 Å². The average molecular weight is 306 g/mol. The Hall–Kier alpha value is -1.56. The van der Waals surface area contributed by atoms with Gasteiger partial charge < -0.3 is 25.2 Å². The Morgan fingerprint density at radius 3 is 2.45 bits per heavy atom. The third-order valence-electron chi connectivity index (χ3n) is 4.92. The Bertz CT molecular complexity index is 678. The topological polar surface area (TPSA) is 90.2 Å². The number of hydrogen-bond acceptors (Lipinski definition) is 5. The highest BCUT2D eigenvalue weighted by molar-refractivity contribution is 5.58. The molecule has 3 rings (SSSR count). The van der Waals surface area contributed by atoms with Gasteiger partial charge in [0.15, 0.2) is 11.2 Å². The SMILES string of the molecule is CC1=CC2(O)c3c(O)cc(C)cc3OC(C)(C)C2(O)C(O)C1. The summed E-state index contributed by atoms with van der Waals surface area (Å²) in [6, 6.07) is 3.21. The van der Waals surface area contributed by atoms with Crippen molar-refractivity contribution in [3.8, 4) is 11.5 Å². The van der Waals surface area contributed by atoms with Crippen LogP contribution in [0.3, 0.4) is 0 Å². The van der Waals surface area contributed by atoms with Crippen molar-refractivity contribution in [2.24, 2.45) is 0 Å². The lowest BCUT2D eigenvalue weighted by atomic mass is 9.60. The number of aliphatic hydroxyl groups excluding tert-OH is 1. The molecule has 0 fully saturated rings. The number of phenols is 1. The van der Waals surface area contributed by atoms with Crippen molar-refractivity contribution < 1.29 is 25.2 Å². The van der Waals surface area contributed by atoms with E-state index in [1.807, 2.05) is 0 Å². The summed E-state index contributed by atoms with van der Waals surface area (Å²) in [6.07, 6.45) is 0.525. The lowest BCUT2D eigenvalue weighted by Gasteiger charge is -2.58. The van der Waals surface area contributed by atoms with Gasteiger partial charge in [-0.05, 0) is 57.9 Å². The van der Waals surface area contributed by atoms with E-state index in [0.29, 0.717) is 5.75 Å². The van der Waals surface area contributed by atoms with Gasteiger partial charge in [0, 0.05) is 0 Å². The second-order valence-corrected chi connectivity index (χ2v) is 7.01. The first kappa shape index (κ1) is 15.3. The van der Waals surface area contributed by atoms with Crippen molar-refractivity contribution in [3.05, 3.63) is 34.9 Å². The molecular formula is C17H22O5. The fourth-order valence-electron chi connectivity index (χ4n) is 3.91. The van der Waals surface area contributed by atoms with E-state index >= 15 is 0 Å². The van der Waals surface area contributed by atoms with Gasteiger partial charge in [0.2, 0.25) is 0 Å². The van der Waals surface area contributed by atoms with Crippen molar-refractivity contribution in [2.45, 2.75) is 57.0 Å². The molecule has 0 radical (unpaired) electrons. The molecule has 5 heteroatoms. The molecule has 3 unspecified atom stereocenters. The van der Waals surface area contributed by atoms with E-state index in [9.17, 15) is 20.4 Å². The zero-order chi connectivity index (χ0) is 16.5. The maximum absolute atomic E-state index is 11.3. The molecule has 1 aromatic rings. The summed E-state index contributed by atoms with van der Waals surface area (Å²) in [5.41, 5.74) is -3.53. The molecule has 0 amide bonds. The van der Waals surface area contributed by atoms with Crippen LogP contribution in [0.5, 0.6) is 11.5 Å². The molecule has 2 aliphatic rings. The van der Waals surface area contributed by atoms with Crippen LogP contribution in [-0.4, -0.2) is 37.7 Å². The molecule has 22 heavy (non-hydrogen) atoms. The molecule has 0 bridgehead atoms. The number of ether oxygens (including phenoxy) is 1. The van der Waals surface area contributed by atoms with Crippen LogP contribution < -0.4 is 4.74 Å². The van der Waals surface area contributed by atoms with Crippen molar-refractivity contribution >= 4 is 0 Å². The zero-order valence-corrected chi connectivity index (χ0v) is 13.2. The highest BCUT2D eigenvalue weighted by Gasteiger charge is 2.69. The van der Waals surface area contributed by atoms with Crippen LogP contribution in [0.4, 0.5) is 0 Å². The highest BCUT2D eigenvalue weighted by atomic mass is 16.5. The summed E-state index contributed by atoms with van der Waals surface area (Å²) in [4.78, 5) is 0. The van der Waals surface area contributed by atoms with Gasteiger partial charge in [0.25, 0.3) is 0 Å². The largest absolute Gasteiger partial charge is 0.507 e. The summed E-state index contributed by atoms with van der Waals surface area (Å²) in [5, 5.41) is 43.4. The van der Waals surface area contributed by atoms with Crippen LogP contribution in [0.1, 0.15) is 38.3 Å². The minimum Gasteiger partial charge on any atom is -0.507 e. The number of phenolic OH excluding ortho intramolecular Hbond substituents is 1. The number of fused-ring (bicyclic) bond motifs is 3. The fraction of sp³-hybridized carbons (Fsp3) is 0.529. The molecule has 4 N–H and O–H groups in total. The van der Waals surface area contributed by atoms with Gasteiger partial charge in [-0.15, -0.1) is 0 Å². The number of aliphatic hydroxyl groups is 3. The summed E-state index contributed by atoms with van der Waals surface area (Å²) in [6.45, 7) is 6.82. The quantitative estimate of drug-likeness (QED) is 0.545. The molecule has 1 heterocycles. The zero-order valence-electron chi connectivity index (χ0n) is 13.2. The first-order valence-corrected chi connectivity index (χ1v) is 7.37. The molecule has 5 nitrogen and oxygen atoms in total. The molecule has 0 aromatic heterocycles. The second-order valence-electron chi connectivity index (χ2n) is 7.01. The van der Waals surface area contributed by atoms with Crippen LogP contribution >= 0.6 is 0 Å². The first-order chi connectivity index (χ1) is 10.0. The van der Waals surface area contributed by atoms with E-state index in [1.165, 1.54) is 12.1 Å². The van der Waals surface area contributed by atoms with Crippen molar-refractivity contribution in [2.75, 3.05) is 0 Å². The van der Waals surface area contributed by atoms with E-state index < -0.39 is 22.9 Å². The van der Waals surface area contributed by atoms with Crippen LogP contribution in [0.2, 0.25) is 0 Å². The third-order valence-corrected chi connectivity index (χ3v) is 4.92. The van der Waals surface area contributed by atoms with Crippen LogP contribution in [0.15, 0.2) is 23.8 Å². The van der Waals surface area contributed by atoms with Gasteiger partial charge in [-0.2, -0.15) is 0 Å². The van der Waals surface area contributed by atoms with Gasteiger partial charge in [-0.3, -0.25) is 0 Å². The van der Waals surface area contributed by atoms with E-state index in [1.54, 1.807) is 33.8 Å². The Balaban J connectivity index is 2.40. The fourth-order valence-corrected chi connectivity index (χ4v) is 3.91. The van der Waals surface area contributed by atoms with Gasteiger partial charge in [-0.25, -0.2) is 0 Å². The molecule has 120 valence electrons. The minimum atomic E-state index is -1.97. The van der Waals surface area contributed by atoms with Crippen molar-refractivity contribution in [3.63, 3.8) is 0 Å². The van der Waals surface area contributed by atoms with Gasteiger partial charge in [-0.1, -0.05) is 5.57 Å². The predicted octanol–water partition coefficient (Wildman–Crippen LogP) is 1.50. The predicted molar refractivity (Wildman–Crippen MR) is 80.8 cm³/mol. The molecule has 0 spiro atoms. The molecule has 1 aliphatic heterocycles. The van der Waals surface area contributed by atoms with Crippen molar-refractivity contribution in [1.82, 2.24) is 0 Å². The third kappa shape index (κ3) is 1.64. The number of hydrogen-bond donors (Lipinski definition) is 4. The van der Waals surface area contributed by atoms with Gasteiger partial charge >= 0.3 is 0 Å². The Morgan fingerprint density at radius 2 is 1.82 bits per heavy atom. The molecule has 1 aromatic carbocycles. The average Bonchev–Trinajstić information content (AvgIpc) is 2.32. The molecule has 1 aliphatic carbocycles. The van der Waals surface area contributed by atoms with Gasteiger partial charge in [0.1, 0.15) is 17.1 Å². The molecule has 0 saturated heterocycles. The Labute approximate surface area is 129 Å². The van der Waals surface area contributed by atoms with Crippen LogP contribution in [-0.2, 0) is 5.60 Å². The normalized spacial score (nSPS) is 36.0. The van der Waals surface area contributed by atoms with Crippen molar-refractivity contribution in [1.29, 1.82) is 0 Å². The molecule has 0 saturated carbocycles. The maximum Gasteiger partial charge on any atom is 0.166 e. The maximum atomic E-state index is 11.3. The molecule has 3 atom stereocenters. The standard InChI is InChI=1S/C17H22O5/c1-9-5-11(18)14-12(6-9)22-15(3,4)17(21)13(19)7-10(2)8-16(14,17)20/h5-6,8,13,18-21H,7H2,1-4H3. The van der Waals surface area contributed by atoms with Gasteiger partial charge in [0.05, 0.1) is 11.7 Å². The monoisotopic (exact) mass is 306 g/mol. The van der Waals surface area contributed by atoms with E-state index in [0.717, 1.165) is 11.1 Å². The Kier molecular flexibility index (Phi) is 2.96. The lowest BCUT2D eigenvalue weighted by Crippen LogP contribution is -2.74. The second kappa shape index (κ2) is 4.25. The number of rotatable bonds is 0. The summed E-state index contributed by atoms with van der Waals surface area (Å²) in [7, 11) is 0. The highest BCUT2D eigenvalue weighted by Crippen LogP contribution is 2.57. The van der Waals surface area contributed by atoms with Crippen LogP contribution in [0, 0.1) is 6.92 Å². The number of benzene rings is 1. The first-order valence-electron chi connectivity index (χ1n) is 7.37. The molecular weight excluding hydrogens is 284 g/mol. The summed E-state index contributed by atoms with van der Waals surface area (Å²) in [5.74, 6) is 0.150. The minimum absolute atomic E-state index is 0.0954. The lowest BCUT2D eigenvalue weighted by molar-refractivity contribution is -0.272.